The second-order valence-electron chi connectivity index (χ2n) is 5.17. The van der Waals surface area contributed by atoms with E-state index in [0.717, 1.165) is 17.0 Å². The normalized spacial score (nSPS) is 10.2. The van der Waals surface area contributed by atoms with Gasteiger partial charge in [0.25, 0.3) is 0 Å². The highest BCUT2D eigenvalue weighted by Crippen LogP contribution is 2.21. The molecule has 2 N–H and O–H groups in total. The van der Waals surface area contributed by atoms with Gasteiger partial charge in [-0.25, -0.2) is 4.39 Å². The van der Waals surface area contributed by atoms with E-state index in [9.17, 15) is 14.0 Å². The molecular weight excluding hydrogens is 327 g/mol. The van der Waals surface area contributed by atoms with Gasteiger partial charge >= 0.3 is 0 Å². The number of hydrogen-bond donors (Lipinski definition) is 2. The van der Waals surface area contributed by atoms with E-state index >= 15 is 0 Å². The highest BCUT2D eigenvalue weighted by molar-refractivity contribution is 8.00. The Balaban J connectivity index is 1.80. The molecule has 0 unspecified atom stereocenters. The van der Waals surface area contributed by atoms with Crippen LogP contribution in [0.4, 0.5) is 15.8 Å². The van der Waals surface area contributed by atoms with Crippen molar-refractivity contribution in [3.8, 4) is 0 Å². The molecule has 6 heteroatoms. The molecule has 2 aromatic carbocycles. The van der Waals surface area contributed by atoms with Crippen molar-refractivity contribution < 1.29 is 14.0 Å². The topological polar surface area (TPSA) is 58.2 Å². The second-order valence-corrected chi connectivity index (χ2v) is 6.22. The van der Waals surface area contributed by atoms with Crippen molar-refractivity contribution in [3.63, 3.8) is 0 Å². The van der Waals surface area contributed by atoms with E-state index in [-0.39, 0.29) is 23.4 Å². The lowest BCUT2D eigenvalue weighted by molar-refractivity contribution is -0.116. The minimum absolute atomic E-state index is 0.00317. The number of nitrogens with one attached hydrogen (secondary N) is 2. The molecule has 2 aromatic rings. The molecule has 0 bridgehead atoms. The van der Waals surface area contributed by atoms with Crippen LogP contribution in [0.3, 0.4) is 0 Å². The highest BCUT2D eigenvalue weighted by atomic mass is 32.2. The molecule has 0 fully saturated rings. The third-order valence-corrected chi connectivity index (χ3v) is 4.13. The first-order valence-corrected chi connectivity index (χ1v) is 8.63. The van der Waals surface area contributed by atoms with Crippen molar-refractivity contribution in [2.45, 2.75) is 24.7 Å². The SMILES string of the molecule is CCCC(=O)Nc1ccc(SCC(=O)Nc2ccc(F)cc2)cc1. The van der Waals surface area contributed by atoms with Crippen LogP contribution >= 0.6 is 11.8 Å². The number of hydrogen-bond acceptors (Lipinski definition) is 3. The van der Waals surface area contributed by atoms with Gasteiger partial charge < -0.3 is 10.6 Å². The Morgan fingerprint density at radius 3 is 2.04 bits per heavy atom. The van der Waals surface area contributed by atoms with Gasteiger partial charge in [-0.1, -0.05) is 6.92 Å². The maximum atomic E-state index is 12.8. The number of anilines is 2. The Labute approximate surface area is 144 Å². The summed E-state index contributed by atoms with van der Waals surface area (Å²) in [6, 6.07) is 13.0. The van der Waals surface area contributed by atoms with Crippen molar-refractivity contribution in [1.82, 2.24) is 0 Å². The van der Waals surface area contributed by atoms with E-state index in [2.05, 4.69) is 10.6 Å². The minimum atomic E-state index is -0.339. The zero-order valence-corrected chi connectivity index (χ0v) is 14.2. The summed E-state index contributed by atoms with van der Waals surface area (Å²) in [4.78, 5) is 24.3. The van der Waals surface area contributed by atoms with Crippen molar-refractivity contribution >= 4 is 35.0 Å². The van der Waals surface area contributed by atoms with Gasteiger partial charge in [0.15, 0.2) is 0 Å². The zero-order chi connectivity index (χ0) is 17.4. The predicted octanol–water partition coefficient (Wildman–Crippen LogP) is 4.30. The standard InChI is InChI=1S/C18H19FN2O2S/c1-2-3-17(22)20-15-8-10-16(11-9-15)24-12-18(23)21-14-6-4-13(19)5-7-14/h4-11H,2-3,12H2,1H3,(H,20,22)(H,21,23). The van der Waals surface area contributed by atoms with Gasteiger partial charge in [0.2, 0.25) is 11.8 Å². The fraction of sp³-hybridized carbons (Fsp3) is 0.222. The lowest BCUT2D eigenvalue weighted by Crippen LogP contribution is -2.13. The van der Waals surface area contributed by atoms with E-state index in [1.807, 2.05) is 31.2 Å². The average molecular weight is 346 g/mol. The molecule has 126 valence electrons. The van der Waals surface area contributed by atoms with E-state index in [0.29, 0.717) is 12.1 Å². The molecule has 2 rings (SSSR count). The van der Waals surface area contributed by atoms with Gasteiger partial charge in [0, 0.05) is 22.7 Å². The van der Waals surface area contributed by atoms with E-state index in [1.165, 1.54) is 36.0 Å². The third kappa shape index (κ3) is 6.04. The summed E-state index contributed by atoms with van der Waals surface area (Å²) < 4.78 is 12.8. The molecule has 0 aliphatic rings. The fourth-order valence-electron chi connectivity index (χ4n) is 1.96. The fourth-order valence-corrected chi connectivity index (χ4v) is 2.66. The Morgan fingerprint density at radius 1 is 0.917 bits per heavy atom. The van der Waals surface area contributed by atoms with Crippen LogP contribution in [0.25, 0.3) is 0 Å². The van der Waals surface area contributed by atoms with E-state index in [1.54, 1.807) is 0 Å². The molecule has 0 aromatic heterocycles. The Kier molecular flexibility index (Phi) is 6.81. The molecule has 4 nitrogen and oxygen atoms in total. The van der Waals surface area contributed by atoms with Gasteiger partial charge in [0.05, 0.1) is 5.75 Å². The van der Waals surface area contributed by atoms with Crippen molar-refractivity contribution in [3.05, 3.63) is 54.3 Å². The predicted molar refractivity (Wildman–Crippen MR) is 95.7 cm³/mol. The van der Waals surface area contributed by atoms with Gasteiger partial charge in [0.1, 0.15) is 5.82 Å². The summed E-state index contributed by atoms with van der Waals surface area (Å²) >= 11 is 1.39. The largest absolute Gasteiger partial charge is 0.326 e. The number of thioether (sulfide) groups is 1. The maximum absolute atomic E-state index is 12.8. The van der Waals surface area contributed by atoms with Gasteiger partial charge in [-0.05, 0) is 55.0 Å². The zero-order valence-electron chi connectivity index (χ0n) is 13.3. The Hall–Kier alpha value is -2.34. The summed E-state index contributed by atoms with van der Waals surface area (Å²) in [7, 11) is 0. The number of halogens is 1. The Morgan fingerprint density at radius 2 is 1.46 bits per heavy atom. The summed E-state index contributed by atoms with van der Waals surface area (Å²) in [6.07, 6.45) is 1.31. The molecule has 0 spiro atoms. The van der Waals surface area contributed by atoms with Gasteiger partial charge in [-0.3, -0.25) is 9.59 Å². The monoisotopic (exact) mass is 346 g/mol. The first-order chi connectivity index (χ1) is 11.6. The first-order valence-electron chi connectivity index (χ1n) is 7.65. The van der Waals surface area contributed by atoms with Crippen LogP contribution < -0.4 is 10.6 Å². The molecule has 2 amide bonds. The lowest BCUT2D eigenvalue weighted by Gasteiger charge is -2.07. The van der Waals surface area contributed by atoms with E-state index in [4.69, 9.17) is 0 Å². The van der Waals surface area contributed by atoms with Crippen LogP contribution in [-0.2, 0) is 9.59 Å². The third-order valence-electron chi connectivity index (χ3n) is 3.11. The number of carbonyl (C=O) groups excluding carboxylic acids is 2. The van der Waals surface area contributed by atoms with Crippen LogP contribution in [0.5, 0.6) is 0 Å². The van der Waals surface area contributed by atoms with Crippen LogP contribution in [0, 0.1) is 5.82 Å². The number of amides is 2. The van der Waals surface area contributed by atoms with Crippen molar-refractivity contribution in [1.29, 1.82) is 0 Å². The van der Waals surface area contributed by atoms with Crippen LogP contribution in [0.1, 0.15) is 19.8 Å². The van der Waals surface area contributed by atoms with Crippen molar-refractivity contribution in [2.24, 2.45) is 0 Å². The number of benzene rings is 2. The smallest absolute Gasteiger partial charge is 0.234 e. The Bertz CT molecular complexity index is 687. The summed E-state index contributed by atoms with van der Waals surface area (Å²) in [5, 5.41) is 5.52. The molecule has 0 aliphatic carbocycles. The molecule has 24 heavy (non-hydrogen) atoms. The molecule has 0 heterocycles. The van der Waals surface area contributed by atoms with Crippen molar-refractivity contribution in [2.75, 3.05) is 16.4 Å². The van der Waals surface area contributed by atoms with E-state index < -0.39 is 0 Å². The molecule has 0 radical (unpaired) electrons. The minimum Gasteiger partial charge on any atom is -0.326 e. The van der Waals surface area contributed by atoms with Gasteiger partial charge in [-0.2, -0.15) is 0 Å². The quantitative estimate of drug-likeness (QED) is 0.735. The molecule has 0 aliphatic heterocycles. The lowest BCUT2D eigenvalue weighted by atomic mass is 10.3. The van der Waals surface area contributed by atoms with Crippen LogP contribution in [0.2, 0.25) is 0 Å². The molecule has 0 saturated heterocycles. The maximum Gasteiger partial charge on any atom is 0.234 e. The van der Waals surface area contributed by atoms with Crippen LogP contribution in [-0.4, -0.2) is 17.6 Å². The molecule has 0 atom stereocenters. The first kappa shape index (κ1) is 18.0. The number of rotatable bonds is 7. The summed E-state index contributed by atoms with van der Waals surface area (Å²) in [5.74, 6) is -0.254. The molecular formula is C18H19FN2O2S. The van der Waals surface area contributed by atoms with Gasteiger partial charge in [-0.15, -0.1) is 11.8 Å². The van der Waals surface area contributed by atoms with Crippen LogP contribution in [0.15, 0.2) is 53.4 Å². The second kappa shape index (κ2) is 9.08. The number of carbonyl (C=O) groups is 2. The molecule has 0 saturated carbocycles. The highest BCUT2D eigenvalue weighted by Gasteiger charge is 2.05. The average Bonchev–Trinajstić information content (AvgIpc) is 2.56. The summed E-state index contributed by atoms with van der Waals surface area (Å²) in [6.45, 7) is 1.95. The summed E-state index contributed by atoms with van der Waals surface area (Å²) in [5.41, 5.74) is 1.31.